The minimum Gasteiger partial charge on any atom is -0.609 e. The van der Waals surface area contributed by atoms with E-state index in [1.807, 2.05) is 0 Å². The van der Waals surface area contributed by atoms with Gasteiger partial charge in [0.05, 0.1) is 5.56 Å². The highest BCUT2D eigenvalue weighted by Crippen LogP contribution is 2.30. The third-order valence-electron chi connectivity index (χ3n) is 3.99. The van der Waals surface area contributed by atoms with Gasteiger partial charge in [0.1, 0.15) is 6.26 Å². The van der Waals surface area contributed by atoms with Gasteiger partial charge in [0.2, 0.25) is 0 Å². The molecule has 1 atom stereocenters. The van der Waals surface area contributed by atoms with Crippen molar-refractivity contribution in [3.8, 4) is 0 Å². The van der Waals surface area contributed by atoms with Crippen molar-refractivity contribution in [2.75, 3.05) is 13.3 Å². The molecule has 1 saturated carbocycles. The normalized spacial score (nSPS) is 17.6. The molecule has 2 aromatic rings. The van der Waals surface area contributed by atoms with Gasteiger partial charge in [-0.2, -0.15) is 9.97 Å². The van der Waals surface area contributed by atoms with E-state index in [-0.39, 0.29) is 16.8 Å². The molecule has 0 bridgehead atoms. The minimum absolute atomic E-state index is 0.0865. The zero-order valence-corrected chi connectivity index (χ0v) is 13.5. The summed E-state index contributed by atoms with van der Waals surface area (Å²) in [5, 5.41) is 1.03. The lowest BCUT2D eigenvalue weighted by Gasteiger charge is -2.17. The van der Waals surface area contributed by atoms with Gasteiger partial charge in [-0.25, -0.2) is 0 Å². The van der Waals surface area contributed by atoms with Crippen LogP contribution in [0.3, 0.4) is 0 Å². The molecule has 0 radical (unpaired) electrons. The first kappa shape index (κ1) is 15.2. The average molecular weight is 318 g/mol. The van der Waals surface area contributed by atoms with Crippen LogP contribution in [0.25, 0.3) is 11.0 Å². The highest BCUT2D eigenvalue weighted by molar-refractivity contribution is 7.90. The quantitative estimate of drug-likeness (QED) is 0.490. The van der Waals surface area contributed by atoms with Crippen LogP contribution >= 0.6 is 0 Å². The summed E-state index contributed by atoms with van der Waals surface area (Å²) in [4.78, 5) is 25.3. The molecule has 22 heavy (non-hydrogen) atoms. The predicted molar refractivity (Wildman–Crippen MR) is 87.2 cm³/mol. The maximum atomic E-state index is 12.8. The molecule has 1 fully saturated rings. The topological polar surface area (TPSA) is 83.2 Å². The first-order valence-corrected chi connectivity index (χ1v) is 8.85. The van der Waals surface area contributed by atoms with Crippen LogP contribution in [0.1, 0.15) is 37.3 Å². The van der Waals surface area contributed by atoms with Crippen molar-refractivity contribution < 1.29 is 4.55 Å². The molecule has 2 aromatic heterocycles. The predicted octanol–water partition coefficient (Wildman–Crippen LogP) is 1.69. The molecule has 0 N–H and O–H groups in total. The number of aromatic nitrogens is 3. The standard InChI is InChI=1S/C15H18N4O2S/c1-16-8-11-7-10-9-17-15(22(2)21)18-13(10)19(14(11)20)12-5-3-4-6-12/h7-9,12H,3-6H2,1-2H3/b16-8+. The monoisotopic (exact) mass is 318 g/mol. The molecule has 1 aliphatic rings. The van der Waals surface area contributed by atoms with Crippen LogP contribution in [0.15, 0.2) is 27.2 Å². The van der Waals surface area contributed by atoms with Gasteiger partial charge in [0.15, 0.2) is 5.65 Å². The molecule has 0 amide bonds. The molecular weight excluding hydrogens is 300 g/mol. The summed E-state index contributed by atoms with van der Waals surface area (Å²) in [6, 6.07) is 1.90. The Morgan fingerprint density at radius 2 is 2.18 bits per heavy atom. The Bertz CT molecular complexity index is 779. The summed E-state index contributed by atoms with van der Waals surface area (Å²) in [5.41, 5.74) is 1.03. The molecule has 0 spiro atoms. The Morgan fingerprint density at radius 3 is 2.82 bits per heavy atom. The third-order valence-corrected chi connectivity index (χ3v) is 4.70. The van der Waals surface area contributed by atoms with Gasteiger partial charge in [-0.3, -0.25) is 14.4 Å². The van der Waals surface area contributed by atoms with Crippen molar-refractivity contribution in [2.24, 2.45) is 4.99 Å². The molecule has 0 aliphatic heterocycles. The maximum Gasteiger partial charge on any atom is 0.344 e. The van der Waals surface area contributed by atoms with Crippen molar-refractivity contribution in [1.82, 2.24) is 14.5 Å². The summed E-state index contributed by atoms with van der Waals surface area (Å²) in [7, 11) is 1.64. The van der Waals surface area contributed by atoms with Crippen molar-refractivity contribution >= 4 is 28.4 Å². The molecule has 0 saturated heterocycles. The van der Waals surface area contributed by atoms with Crippen LogP contribution in [-0.4, -0.2) is 38.6 Å². The van der Waals surface area contributed by atoms with Crippen molar-refractivity contribution in [3.05, 3.63) is 28.2 Å². The fourth-order valence-corrected chi connectivity index (χ4v) is 3.41. The van der Waals surface area contributed by atoms with E-state index in [0.717, 1.165) is 31.1 Å². The summed E-state index contributed by atoms with van der Waals surface area (Å²) in [5.74, 6) is 0. The molecule has 3 rings (SSSR count). The summed E-state index contributed by atoms with van der Waals surface area (Å²) >= 11 is -1.27. The second-order valence-electron chi connectivity index (χ2n) is 5.49. The lowest BCUT2D eigenvalue weighted by molar-refractivity contribution is 0.513. The lowest BCUT2D eigenvalue weighted by atomic mass is 10.2. The second-order valence-corrected chi connectivity index (χ2v) is 6.76. The van der Waals surface area contributed by atoms with Crippen LogP contribution in [0.2, 0.25) is 0 Å². The lowest BCUT2D eigenvalue weighted by Crippen LogP contribution is -2.28. The van der Waals surface area contributed by atoms with Gasteiger partial charge >= 0.3 is 5.16 Å². The highest BCUT2D eigenvalue weighted by atomic mass is 32.2. The van der Waals surface area contributed by atoms with E-state index in [1.54, 1.807) is 30.1 Å². The van der Waals surface area contributed by atoms with E-state index in [4.69, 9.17) is 0 Å². The second kappa shape index (κ2) is 6.18. The van der Waals surface area contributed by atoms with Crippen molar-refractivity contribution in [3.63, 3.8) is 0 Å². The van der Waals surface area contributed by atoms with E-state index >= 15 is 0 Å². The van der Waals surface area contributed by atoms with Gasteiger partial charge in [0, 0.05) is 42.1 Å². The van der Waals surface area contributed by atoms with Crippen molar-refractivity contribution in [2.45, 2.75) is 36.9 Å². The molecule has 1 aliphatic carbocycles. The van der Waals surface area contributed by atoms with E-state index in [0.29, 0.717) is 11.2 Å². The highest BCUT2D eigenvalue weighted by Gasteiger charge is 2.23. The molecule has 6 nitrogen and oxygen atoms in total. The van der Waals surface area contributed by atoms with Gasteiger partial charge in [-0.1, -0.05) is 12.8 Å². The fraction of sp³-hybridized carbons (Fsp3) is 0.467. The van der Waals surface area contributed by atoms with E-state index in [2.05, 4.69) is 15.0 Å². The molecule has 116 valence electrons. The average Bonchev–Trinajstić information content (AvgIpc) is 3.01. The first-order chi connectivity index (χ1) is 10.6. The smallest absolute Gasteiger partial charge is 0.344 e. The van der Waals surface area contributed by atoms with Gasteiger partial charge in [0.25, 0.3) is 5.56 Å². The number of rotatable bonds is 3. The third kappa shape index (κ3) is 2.66. The summed E-state index contributed by atoms with van der Waals surface area (Å²) < 4.78 is 13.4. The first-order valence-electron chi connectivity index (χ1n) is 7.29. The Morgan fingerprint density at radius 1 is 1.45 bits per heavy atom. The molecule has 2 heterocycles. The zero-order valence-electron chi connectivity index (χ0n) is 12.7. The number of aliphatic imine (C=N–C) groups is 1. The molecule has 7 heteroatoms. The Kier molecular flexibility index (Phi) is 4.26. The molecular formula is C15H18N4O2S. The minimum atomic E-state index is -1.27. The van der Waals surface area contributed by atoms with Gasteiger partial charge in [-0.05, 0) is 18.9 Å². The van der Waals surface area contributed by atoms with Gasteiger partial charge in [-0.15, -0.1) is 0 Å². The number of nitrogens with zero attached hydrogens (tertiary/aromatic N) is 4. The Balaban J connectivity index is 2.31. The molecule has 0 aromatic carbocycles. The molecule has 1 unspecified atom stereocenters. The van der Waals surface area contributed by atoms with E-state index < -0.39 is 11.2 Å². The number of pyridine rings is 1. The van der Waals surface area contributed by atoms with Crippen LogP contribution in [0.5, 0.6) is 0 Å². The van der Waals surface area contributed by atoms with Crippen LogP contribution < -0.4 is 5.56 Å². The van der Waals surface area contributed by atoms with Crippen LogP contribution in [-0.2, 0) is 11.2 Å². The Labute approximate surface area is 131 Å². The van der Waals surface area contributed by atoms with Gasteiger partial charge < -0.3 is 4.55 Å². The largest absolute Gasteiger partial charge is 0.609 e. The number of hydrogen-bond acceptors (Lipinski definition) is 5. The fourth-order valence-electron chi connectivity index (χ4n) is 3.00. The SMILES string of the molecule is C/N=C/c1cc2cnc([S+](C)[O-])nc2n(C2CCCC2)c1=O. The summed E-state index contributed by atoms with van der Waals surface area (Å²) in [6.07, 6.45) is 8.91. The summed E-state index contributed by atoms with van der Waals surface area (Å²) in [6.45, 7) is 0. The Hall–Kier alpha value is -1.73. The van der Waals surface area contributed by atoms with Crippen LogP contribution in [0.4, 0.5) is 0 Å². The zero-order chi connectivity index (χ0) is 15.7. The van der Waals surface area contributed by atoms with E-state index in [9.17, 15) is 9.35 Å². The van der Waals surface area contributed by atoms with Crippen LogP contribution in [0, 0.1) is 0 Å². The maximum absolute atomic E-state index is 12.8. The van der Waals surface area contributed by atoms with E-state index in [1.165, 1.54) is 6.26 Å². The number of fused-ring (bicyclic) bond motifs is 1. The number of hydrogen-bond donors (Lipinski definition) is 0. The van der Waals surface area contributed by atoms with Crippen molar-refractivity contribution in [1.29, 1.82) is 0 Å².